The van der Waals surface area contributed by atoms with Gasteiger partial charge in [0, 0.05) is 19.2 Å². The summed E-state index contributed by atoms with van der Waals surface area (Å²) in [7, 11) is 0. The van der Waals surface area contributed by atoms with Gasteiger partial charge in [0.25, 0.3) is 0 Å². The third kappa shape index (κ3) is 6.22. The maximum Gasteiger partial charge on any atom is 0.0699 e. The fourth-order valence-corrected chi connectivity index (χ4v) is 2.32. The molecule has 1 unspecified atom stereocenters. The monoisotopic (exact) mass is 261 g/mol. The van der Waals surface area contributed by atoms with Gasteiger partial charge < -0.3 is 10.1 Å². The van der Waals surface area contributed by atoms with Crippen molar-refractivity contribution in [1.82, 2.24) is 5.32 Å². The highest BCUT2D eigenvalue weighted by Crippen LogP contribution is 2.19. The zero-order valence-corrected chi connectivity index (χ0v) is 12.1. The van der Waals surface area contributed by atoms with Crippen LogP contribution in [0.1, 0.15) is 44.6 Å². The van der Waals surface area contributed by atoms with E-state index in [4.69, 9.17) is 4.74 Å². The van der Waals surface area contributed by atoms with Crippen LogP contribution in [0.5, 0.6) is 0 Å². The molecule has 0 aliphatic heterocycles. The van der Waals surface area contributed by atoms with Crippen molar-refractivity contribution in [2.45, 2.75) is 57.6 Å². The summed E-state index contributed by atoms with van der Waals surface area (Å²) >= 11 is 0. The smallest absolute Gasteiger partial charge is 0.0699 e. The summed E-state index contributed by atoms with van der Waals surface area (Å²) in [5, 5.41) is 3.58. The third-order valence-corrected chi connectivity index (χ3v) is 3.63. The number of aryl methyl sites for hydroxylation is 1. The summed E-state index contributed by atoms with van der Waals surface area (Å²) in [4.78, 5) is 0. The standard InChI is InChI=1S/C17H27NO/c1-2-7-17(14-18-16-11-12-16)19-13-6-10-15-8-4-3-5-9-15/h3-5,8-9,16-18H,2,6-7,10-14H2,1H3. The van der Waals surface area contributed by atoms with Crippen molar-refractivity contribution in [2.75, 3.05) is 13.2 Å². The van der Waals surface area contributed by atoms with E-state index >= 15 is 0 Å². The fourth-order valence-electron chi connectivity index (χ4n) is 2.32. The van der Waals surface area contributed by atoms with Crippen LogP contribution in [0.3, 0.4) is 0 Å². The molecule has 106 valence electrons. The first-order valence-corrected chi connectivity index (χ1v) is 7.77. The highest BCUT2D eigenvalue weighted by Gasteiger charge is 2.21. The van der Waals surface area contributed by atoms with E-state index in [2.05, 4.69) is 42.6 Å². The molecule has 1 aliphatic carbocycles. The number of nitrogens with one attached hydrogen (secondary N) is 1. The molecule has 1 aliphatic rings. The summed E-state index contributed by atoms with van der Waals surface area (Å²) in [6.45, 7) is 4.15. The zero-order valence-electron chi connectivity index (χ0n) is 12.1. The molecule has 0 spiro atoms. The molecule has 0 bridgehead atoms. The Balaban J connectivity index is 1.58. The van der Waals surface area contributed by atoms with E-state index < -0.39 is 0 Å². The van der Waals surface area contributed by atoms with Gasteiger partial charge in [0.1, 0.15) is 0 Å². The largest absolute Gasteiger partial charge is 0.377 e. The Morgan fingerprint density at radius 1 is 1.26 bits per heavy atom. The summed E-state index contributed by atoms with van der Waals surface area (Å²) in [5.41, 5.74) is 1.41. The molecule has 1 fully saturated rings. The van der Waals surface area contributed by atoms with Crippen molar-refractivity contribution < 1.29 is 4.74 Å². The molecule has 1 atom stereocenters. The minimum Gasteiger partial charge on any atom is -0.377 e. The number of hydrogen-bond donors (Lipinski definition) is 1. The van der Waals surface area contributed by atoms with Crippen LogP contribution in [-0.4, -0.2) is 25.3 Å². The van der Waals surface area contributed by atoms with Gasteiger partial charge in [-0.1, -0.05) is 43.7 Å². The Hall–Kier alpha value is -0.860. The second kappa shape index (κ2) is 8.34. The highest BCUT2D eigenvalue weighted by atomic mass is 16.5. The lowest BCUT2D eigenvalue weighted by Crippen LogP contribution is -2.30. The molecular formula is C17H27NO. The Morgan fingerprint density at radius 2 is 2.05 bits per heavy atom. The van der Waals surface area contributed by atoms with E-state index in [0.717, 1.165) is 32.0 Å². The Bertz CT molecular complexity index is 334. The van der Waals surface area contributed by atoms with Crippen molar-refractivity contribution in [3.8, 4) is 0 Å². The highest BCUT2D eigenvalue weighted by molar-refractivity contribution is 5.14. The quantitative estimate of drug-likeness (QED) is 0.650. The van der Waals surface area contributed by atoms with E-state index in [1.807, 2.05) is 0 Å². The molecule has 0 saturated heterocycles. The Kier molecular flexibility index (Phi) is 6.38. The topological polar surface area (TPSA) is 21.3 Å². The SMILES string of the molecule is CCCC(CNC1CC1)OCCCc1ccccc1. The normalized spacial score (nSPS) is 16.5. The van der Waals surface area contributed by atoms with E-state index in [1.165, 1.54) is 31.2 Å². The third-order valence-electron chi connectivity index (χ3n) is 3.63. The Labute approximate surface area is 117 Å². The molecule has 2 nitrogen and oxygen atoms in total. The van der Waals surface area contributed by atoms with Crippen LogP contribution in [-0.2, 0) is 11.2 Å². The minimum absolute atomic E-state index is 0.404. The van der Waals surface area contributed by atoms with Gasteiger partial charge in [-0.05, 0) is 37.7 Å². The molecule has 0 aromatic heterocycles. The van der Waals surface area contributed by atoms with Crippen molar-refractivity contribution in [1.29, 1.82) is 0 Å². The lowest BCUT2D eigenvalue weighted by atomic mass is 10.1. The van der Waals surface area contributed by atoms with Gasteiger partial charge >= 0.3 is 0 Å². The number of benzene rings is 1. The summed E-state index contributed by atoms with van der Waals surface area (Å²) in [5.74, 6) is 0. The second-order valence-corrected chi connectivity index (χ2v) is 5.55. The first-order chi connectivity index (χ1) is 9.38. The van der Waals surface area contributed by atoms with Crippen molar-refractivity contribution in [2.24, 2.45) is 0 Å². The van der Waals surface area contributed by atoms with E-state index in [0.29, 0.717) is 6.10 Å². The average molecular weight is 261 g/mol. The molecule has 0 radical (unpaired) electrons. The molecule has 2 heteroatoms. The first-order valence-electron chi connectivity index (χ1n) is 7.77. The summed E-state index contributed by atoms with van der Waals surface area (Å²) in [6.07, 6.45) is 7.73. The van der Waals surface area contributed by atoms with Crippen LogP contribution in [0.25, 0.3) is 0 Å². The molecular weight excluding hydrogens is 234 g/mol. The van der Waals surface area contributed by atoms with Crippen LogP contribution in [0.4, 0.5) is 0 Å². The second-order valence-electron chi connectivity index (χ2n) is 5.55. The number of rotatable bonds is 10. The molecule has 19 heavy (non-hydrogen) atoms. The van der Waals surface area contributed by atoms with Gasteiger partial charge in [-0.2, -0.15) is 0 Å². The predicted molar refractivity (Wildman–Crippen MR) is 80.4 cm³/mol. The predicted octanol–water partition coefficient (Wildman–Crippen LogP) is 3.56. The zero-order chi connectivity index (χ0) is 13.3. The fraction of sp³-hybridized carbons (Fsp3) is 0.647. The van der Waals surface area contributed by atoms with Crippen LogP contribution in [0, 0.1) is 0 Å². The Morgan fingerprint density at radius 3 is 2.74 bits per heavy atom. The van der Waals surface area contributed by atoms with Crippen LogP contribution < -0.4 is 5.32 Å². The number of hydrogen-bond acceptors (Lipinski definition) is 2. The van der Waals surface area contributed by atoms with Gasteiger partial charge in [-0.15, -0.1) is 0 Å². The maximum atomic E-state index is 6.02. The molecule has 1 saturated carbocycles. The van der Waals surface area contributed by atoms with Gasteiger partial charge in [0.15, 0.2) is 0 Å². The van der Waals surface area contributed by atoms with E-state index in [9.17, 15) is 0 Å². The average Bonchev–Trinajstić information content (AvgIpc) is 3.26. The molecule has 0 amide bonds. The summed E-state index contributed by atoms with van der Waals surface area (Å²) in [6, 6.07) is 11.5. The van der Waals surface area contributed by atoms with Gasteiger partial charge in [-0.25, -0.2) is 0 Å². The molecule has 1 N–H and O–H groups in total. The van der Waals surface area contributed by atoms with Crippen molar-refractivity contribution in [3.63, 3.8) is 0 Å². The lowest BCUT2D eigenvalue weighted by molar-refractivity contribution is 0.0454. The lowest BCUT2D eigenvalue weighted by Gasteiger charge is -2.18. The number of ether oxygens (including phenoxy) is 1. The molecule has 1 aromatic rings. The molecule has 0 heterocycles. The first kappa shape index (κ1) is 14.5. The van der Waals surface area contributed by atoms with Crippen molar-refractivity contribution in [3.05, 3.63) is 35.9 Å². The molecule has 1 aromatic carbocycles. The van der Waals surface area contributed by atoms with Gasteiger partial charge in [0.2, 0.25) is 0 Å². The molecule has 2 rings (SSSR count). The van der Waals surface area contributed by atoms with Crippen LogP contribution in [0.15, 0.2) is 30.3 Å². The van der Waals surface area contributed by atoms with Gasteiger partial charge in [-0.3, -0.25) is 0 Å². The minimum atomic E-state index is 0.404. The van der Waals surface area contributed by atoms with Crippen LogP contribution in [0.2, 0.25) is 0 Å². The van der Waals surface area contributed by atoms with E-state index in [-0.39, 0.29) is 0 Å². The maximum absolute atomic E-state index is 6.02. The van der Waals surface area contributed by atoms with E-state index in [1.54, 1.807) is 0 Å². The van der Waals surface area contributed by atoms with Crippen molar-refractivity contribution >= 4 is 0 Å². The van der Waals surface area contributed by atoms with Gasteiger partial charge in [0.05, 0.1) is 6.10 Å². The van der Waals surface area contributed by atoms with Crippen LogP contribution >= 0.6 is 0 Å². The summed E-state index contributed by atoms with van der Waals surface area (Å²) < 4.78 is 6.02.